The minimum atomic E-state index is -2.68. The second-order valence-electron chi connectivity index (χ2n) is 4.02. The van der Waals surface area contributed by atoms with Crippen molar-refractivity contribution in [2.75, 3.05) is 11.5 Å². The summed E-state index contributed by atoms with van der Waals surface area (Å²) < 4.78 is 43.8. The van der Waals surface area contributed by atoms with Crippen molar-refractivity contribution in [2.24, 2.45) is 5.92 Å². The third-order valence-corrected chi connectivity index (χ3v) is 3.02. The molecule has 1 aliphatic rings. The lowest BCUT2D eigenvalue weighted by molar-refractivity contribution is 0.0684. The normalized spacial score (nSPS) is 20.8. The summed E-state index contributed by atoms with van der Waals surface area (Å²) in [7, 11) is 0. The lowest BCUT2D eigenvalue weighted by atomic mass is 10.0. The molecule has 0 spiro atoms. The van der Waals surface area contributed by atoms with E-state index in [0.29, 0.717) is 0 Å². The monoisotopic (exact) mass is 295 g/mol. The molecular weight excluding hydrogens is 287 g/mol. The number of nitrogens with zero attached hydrogens (tertiary/aromatic N) is 3. The molecule has 2 atom stereocenters. The average Bonchev–Trinajstić information content (AvgIpc) is 2.73. The van der Waals surface area contributed by atoms with Gasteiger partial charge in [0.2, 0.25) is 11.7 Å². The van der Waals surface area contributed by atoms with E-state index in [9.17, 15) is 18.0 Å². The van der Waals surface area contributed by atoms with Gasteiger partial charge in [-0.3, -0.25) is 4.90 Å². The highest BCUT2D eigenvalue weighted by molar-refractivity contribution is 6.28. The molecule has 0 saturated carbocycles. The predicted molar refractivity (Wildman–Crippen MR) is 59.8 cm³/mol. The first-order valence-electron chi connectivity index (χ1n) is 5.34. The lowest BCUT2D eigenvalue weighted by Crippen LogP contribution is -2.41. The van der Waals surface area contributed by atoms with Crippen LogP contribution in [0.4, 0.5) is 23.8 Å². The maximum atomic E-state index is 13.6. The van der Waals surface area contributed by atoms with Crippen molar-refractivity contribution in [2.45, 2.75) is 19.4 Å². The van der Waals surface area contributed by atoms with Crippen molar-refractivity contribution >= 4 is 23.5 Å². The lowest BCUT2D eigenvalue weighted by Gasteiger charge is -2.25. The number of alkyl halides is 2. The van der Waals surface area contributed by atoms with Gasteiger partial charge in [0.25, 0.3) is 0 Å². The highest BCUT2D eigenvalue weighted by Gasteiger charge is 2.42. The Hall–Kier alpha value is -1.57. The number of ether oxygens (including phenoxy) is 1. The van der Waals surface area contributed by atoms with Crippen LogP contribution in [-0.4, -0.2) is 35.1 Å². The molecule has 2 rings (SSSR count). The first-order chi connectivity index (χ1) is 8.91. The molecule has 1 aliphatic heterocycles. The van der Waals surface area contributed by atoms with Gasteiger partial charge in [0.05, 0.1) is 12.2 Å². The fourth-order valence-electron chi connectivity index (χ4n) is 1.74. The Bertz CT molecular complexity index is 503. The molecular formula is C10H9ClF3N3O2. The third-order valence-electron chi connectivity index (χ3n) is 2.83. The van der Waals surface area contributed by atoms with E-state index in [1.54, 1.807) is 0 Å². The molecule has 9 heteroatoms. The zero-order chi connectivity index (χ0) is 14.2. The Labute approximate surface area is 111 Å². The second kappa shape index (κ2) is 5.20. The van der Waals surface area contributed by atoms with Crippen LogP contribution in [0.1, 0.15) is 6.92 Å². The van der Waals surface area contributed by atoms with Crippen LogP contribution in [0, 0.1) is 11.7 Å². The van der Waals surface area contributed by atoms with Gasteiger partial charge in [-0.1, -0.05) is 6.92 Å². The van der Waals surface area contributed by atoms with Gasteiger partial charge in [0.15, 0.2) is 11.6 Å². The number of rotatable bonds is 3. The molecule has 0 bridgehead atoms. The zero-order valence-electron chi connectivity index (χ0n) is 9.69. The molecule has 5 nitrogen and oxygen atoms in total. The van der Waals surface area contributed by atoms with E-state index in [-0.39, 0.29) is 11.9 Å². The summed E-state index contributed by atoms with van der Waals surface area (Å²) in [5, 5.41) is -0.292. The summed E-state index contributed by atoms with van der Waals surface area (Å²) in [6.45, 7) is 0.983. The van der Waals surface area contributed by atoms with E-state index in [0.717, 1.165) is 11.1 Å². The topological polar surface area (TPSA) is 55.3 Å². The SMILES string of the molecule is C[C@@H](C(F)F)[C@H]1COC(=O)N1c1nc(Cl)ncc1F. The summed E-state index contributed by atoms with van der Waals surface area (Å²) in [4.78, 5) is 19.3. The van der Waals surface area contributed by atoms with E-state index in [2.05, 4.69) is 14.7 Å². The minimum absolute atomic E-state index is 0.259. The number of carbonyl (C=O) groups is 1. The summed E-state index contributed by atoms with van der Waals surface area (Å²) in [5.41, 5.74) is 0. The van der Waals surface area contributed by atoms with E-state index >= 15 is 0 Å². The highest BCUT2D eigenvalue weighted by atomic mass is 35.5. The van der Waals surface area contributed by atoms with Crippen molar-refractivity contribution in [1.82, 2.24) is 9.97 Å². The summed E-state index contributed by atoms with van der Waals surface area (Å²) in [5.74, 6) is -2.59. The molecule has 0 N–H and O–H groups in total. The second-order valence-corrected chi connectivity index (χ2v) is 4.36. The third kappa shape index (κ3) is 2.58. The van der Waals surface area contributed by atoms with E-state index in [1.807, 2.05) is 0 Å². The number of cyclic esters (lactones) is 1. The van der Waals surface area contributed by atoms with Gasteiger partial charge < -0.3 is 4.74 Å². The van der Waals surface area contributed by atoms with Crippen molar-refractivity contribution in [3.05, 3.63) is 17.3 Å². The number of halogens is 4. The minimum Gasteiger partial charge on any atom is -0.447 e. The van der Waals surface area contributed by atoms with Gasteiger partial charge in [-0.15, -0.1) is 0 Å². The van der Waals surface area contributed by atoms with Crippen LogP contribution in [0.25, 0.3) is 0 Å². The summed E-state index contributed by atoms with van der Waals surface area (Å²) >= 11 is 5.52. The maximum Gasteiger partial charge on any atom is 0.416 e. The van der Waals surface area contributed by atoms with Crippen LogP contribution in [0.3, 0.4) is 0 Å². The van der Waals surface area contributed by atoms with Gasteiger partial charge in [0, 0.05) is 5.92 Å². The van der Waals surface area contributed by atoms with Crippen LogP contribution < -0.4 is 4.90 Å². The van der Waals surface area contributed by atoms with E-state index in [1.165, 1.54) is 6.92 Å². The fourth-order valence-corrected chi connectivity index (χ4v) is 1.87. The van der Waals surface area contributed by atoms with Crippen molar-refractivity contribution < 1.29 is 22.7 Å². The van der Waals surface area contributed by atoms with Crippen LogP contribution in [0.5, 0.6) is 0 Å². The fraction of sp³-hybridized carbons (Fsp3) is 0.500. The van der Waals surface area contributed by atoms with E-state index < -0.39 is 36.1 Å². The molecule has 0 unspecified atom stereocenters. The molecule has 104 valence electrons. The van der Waals surface area contributed by atoms with Gasteiger partial charge in [-0.2, -0.15) is 4.98 Å². The molecule has 0 radical (unpaired) electrons. The largest absolute Gasteiger partial charge is 0.447 e. The first kappa shape index (κ1) is 13.9. The van der Waals surface area contributed by atoms with Crippen molar-refractivity contribution in [1.29, 1.82) is 0 Å². The molecule has 19 heavy (non-hydrogen) atoms. The number of carbonyl (C=O) groups excluding carboxylic acids is 1. The molecule has 1 fully saturated rings. The number of aromatic nitrogens is 2. The Balaban J connectivity index is 2.39. The molecule has 1 aromatic rings. The average molecular weight is 296 g/mol. The van der Waals surface area contributed by atoms with E-state index in [4.69, 9.17) is 11.6 Å². The summed E-state index contributed by atoms with van der Waals surface area (Å²) in [6, 6.07) is -1.01. The zero-order valence-corrected chi connectivity index (χ0v) is 10.4. The Morgan fingerprint density at radius 1 is 1.58 bits per heavy atom. The highest BCUT2D eigenvalue weighted by Crippen LogP contribution is 2.30. The molecule has 1 amide bonds. The standard InChI is InChI=1S/C10H9ClF3N3O2/c1-4(7(13)14)6-3-19-10(18)17(6)8-5(12)2-15-9(11)16-8/h2,4,6-7H,3H2,1H3/t4-,6-/m1/s1. The smallest absolute Gasteiger partial charge is 0.416 e. The number of hydrogen-bond acceptors (Lipinski definition) is 4. The summed E-state index contributed by atoms with van der Waals surface area (Å²) in [6.07, 6.45) is -2.85. The maximum absolute atomic E-state index is 13.6. The Morgan fingerprint density at radius 2 is 2.26 bits per heavy atom. The first-order valence-corrected chi connectivity index (χ1v) is 5.71. The number of anilines is 1. The molecule has 0 aromatic carbocycles. The van der Waals surface area contributed by atoms with Crippen LogP contribution in [0.15, 0.2) is 6.20 Å². The quantitative estimate of drug-likeness (QED) is 0.804. The van der Waals surface area contributed by atoms with Gasteiger partial charge in [0.1, 0.15) is 6.61 Å². The van der Waals surface area contributed by atoms with Crippen molar-refractivity contribution in [3.63, 3.8) is 0 Å². The van der Waals surface area contributed by atoms with Crippen molar-refractivity contribution in [3.8, 4) is 0 Å². The number of amides is 1. The van der Waals surface area contributed by atoms with Crippen LogP contribution in [0.2, 0.25) is 5.28 Å². The predicted octanol–water partition coefficient (Wildman–Crippen LogP) is 2.50. The molecule has 0 aliphatic carbocycles. The Kier molecular flexibility index (Phi) is 3.79. The Morgan fingerprint density at radius 3 is 2.89 bits per heavy atom. The molecule has 2 heterocycles. The number of hydrogen-bond donors (Lipinski definition) is 0. The van der Waals surface area contributed by atoms with Crippen LogP contribution >= 0.6 is 11.6 Å². The van der Waals surface area contributed by atoms with Gasteiger partial charge in [-0.05, 0) is 11.6 Å². The van der Waals surface area contributed by atoms with Gasteiger partial charge >= 0.3 is 6.09 Å². The molecule has 1 saturated heterocycles. The van der Waals surface area contributed by atoms with Gasteiger partial charge in [-0.25, -0.2) is 22.9 Å². The van der Waals surface area contributed by atoms with Crippen LogP contribution in [-0.2, 0) is 4.74 Å². The molecule has 1 aromatic heterocycles.